The topological polar surface area (TPSA) is 87.9 Å². The molecule has 0 saturated carbocycles. The van der Waals surface area contributed by atoms with E-state index in [0.29, 0.717) is 0 Å². The fourth-order valence-corrected chi connectivity index (χ4v) is 28.3. The molecule has 12 rings (SSSR count). The van der Waals surface area contributed by atoms with Crippen LogP contribution in [0.3, 0.4) is 0 Å². The zero-order chi connectivity index (χ0) is 76.0. The molecular formula is C76H58F20N6Si2. The van der Waals surface area contributed by atoms with Crippen LogP contribution in [0, 0.1) is 128 Å². The minimum absolute atomic E-state index is 0.0646. The third kappa shape index (κ3) is 11.0. The summed E-state index contributed by atoms with van der Waals surface area (Å²) in [7, 11) is -7.25. The van der Waals surface area contributed by atoms with E-state index < -0.39 is 239 Å². The SMILES string of the molecule is CC(C)[Si](C#CC1=C([Si](C(C)C)(C(C)C)C(C)C)C2=c3ccc([nH]3)=C(c3c(F)c(F)c(F)c(F)c3F)C3=NC(=C(c4c(F)c(F)c(F)c(F)c4F)c4ccc([nH]4)C1=c1ccc([nH]1)=C(c1c(F)c(F)c(F)c(F)c1F)C1=NC(=C(c4c(F)c(F)c(F)c(F)c4F)c4ccc2[nH]4)C=C1)C=C3)(C(C)C)C(C)C. The van der Waals surface area contributed by atoms with Crippen molar-refractivity contribution < 1.29 is 87.8 Å². The fraction of sp³-hybridized carbons (Fsp3) is 0.237. The van der Waals surface area contributed by atoms with E-state index >= 15 is 87.8 Å². The molecule has 4 N–H and O–H groups in total. The molecular weight excluding hydrogens is 1430 g/mol. The number of aromatic amines is 4. The Kier molecular flexibility index (Phi) is 18.9. The zero-order valence-electron chi connectivity index (χ0n) is 56.8. The molecule has 8 aromatic rings. The number of rotatable bonds is 11. The Labute approximate surface area is 581 Å². The first kappa shape index (κ1) is 73.9. The molecule has 0 atom stereocenters. The molecule has 4 aromatic carbocycles. The summed E-state index contributed by atoms with van der Waals surface area (Å²) in [5.74, 6) is -46.5. The van der Waals surface area contributed by atoms with Gasteiger partial charge in [0, 0.05) is 83.2 Å². The number of hydrogen-bond acceptors (Lipinski definition) is 2. The number of nitrogens with one attached hydrogen (secondary N) is 4. The van der Waals surface area contributed by atoms with Crippen molar-refractivity contribution in [1.29, 1.82) is 0 Å². The van der Waals surface area contributed by atoms with Crippen molar-refractivity contribution in [3.8, 4) is 11.5 Å². The summed E-state index contributed by atoms with van der Waals surface area (Å²) < 4.78 is 324. The van der Waals surface area contributed by atoms with Crippen LogP contribution in [0.25, 0.3) is 33.4 Å². The molecule has 4 aromatic heterocycles. The van der Waals surface area contributed by atoms with Crippen molar-refractivity contribution in [3.05, 3.63) is 278 Å². The highest BCUT2D eigenvalue weighted by molar-refractivity contribution is 6.92. The molecule has 4 aliphatic heterocycles. The molecule has 4 aliphatic rings. The number of benzene rings is 4. The van der Waals surface area contributed by atoms with Crippen LogP contribution in [0.5, 0.6) is 0 Å². The molecule has 8 heterocycles. The van der Waals surface area contributed by atoms with E-state index in [-0.39, 0.29) is 60.6 Å². The molecule has 0 saturated heterocycles. The molecule has 0 radical (unpaired) electrons. The molecule has 28 heteroatoms. The second-order valence-electron chi connectivity index (χ2n) is 27.4. The van der Waals surface area contributed by atoms with E-state index in [1.165, 1.54) is 24.3 Å². The number of allylic oxidation sites excluding steroid dienone is 6. The Hall–Kier alpha value is -9.89. The van der Waals surface area contributed by atoms with Crippen LogP contribution in [0.15, 0.2) is 105 Å². The summed E-state index contributed by atoms with van der Waals surface area (Å²) in [6, 6.07) is 9.41. The highest BCUT2D eigenvalue weighted by Gasteiger charge is 2.51. The normalized spacial score (nSPS) is 15.0. The number of aromatic nitrogens is 4. The lowest BCUT2D eigenvalue weighted by molar-refractivity contribution is 0.376. The van der Waals surface area contributed by atoms with E-state index in [9.17, 15) is 0 Å². The van der Waals surface area contributed by atoms with E-state index in [0.717, 1.165) is 48.6 Å². The first-order valence-electron chi connectivity index (χ1n) is 32.5. The first-order valence-corrected chi connectivity index (χ1v) is 37.0. The molecule has 6 nitrogen and oxygen atoms in total. The van der Waals surface area contributed by atoms with E-state index in [4.69, 9.17) is 0 Å². The number of halogens is 20. The summed E-state index contributed by atoms with van der Waals surface area (Å²) >= 11 is 0. The predicted octanol–water partition coefficient (Wildman–Crippen LogP) is 18.6. The molecule has 0 fully saturated rings. The summed E-state index contributed by atoms with van der Waals surface area (Å²) in [4.78, 5) is 21.2. The Bertz CT molecular complexity index is 5510. The highest BCUT2D eigenvalue weighted by atomic mass is 28.3. The summed E-state index contributed by atoms with van der Waals surface area (Å²) in [5, 5.41) is -1.39. The van der Waals surface area contributed by atoms with Gasteiger partial charge in [0.2, 0.25) is 23.3 Å². The standard InChI is InChI=1S/C76H58F20N6Si2/c1-27(2)103(28(3)4,29(5)6)26-25-33-46-34-13-15-36(97-34)47(52-56(77)64(85)72(93)65(86)57(52)78)38-17-19-40(99-38)49(54-60(81)68(89)74(95)69(90)61(54)82)42-21-23-44(101-42)51(76(33)104(30(7)8,31(9)10)32(11)12)45-24-22-43(102-45)50(55-62(83)70(91)75(96)71(92)63(55)84)41-20-18-39(100-41)48(37-16-14-35(46)98-37)53-58(79)66(87)73(94)67(88)59(53)80/h13-24,27-32,97-98,101-102H,1-12H3. The van der Waals surface area contributed by atoms with Gasteiger partial charge < -0.3 is 19.9 Å². The minimum atomic E-state index is -4.01. The number of nitrogens with zero attached hydrogens (tertiary/aromatic N) is 2. The van der Waals surface area contributed by atoms with Crippen molar-refractivity contribution in [1.82, 2.24) is 19.9 Å². The first-order chi connectivity index (χ1) is 48.9. The largest absolute Gasteiger partial charge is 0.354 e. The quantitative estimate of drug-likeness (QED) is 0.0327. The summed E-state index contributed by atoms with van der Waals surface area (Å²) in [6.07, 6.45) is 3.46. The second-order valence-corrected chi connectivity index (χ2v) is 38.8. The van der Waals surface area contributed by atoms with Gasteiger partial charge in [0.05, 0.1) is 53.1 Å². The number of H-pyrrole nitrogens is 4. The van der Waals surface area contributed by atoms with Gasteiger partial charge in [-0.25, -0.2) is 97.8 Å². The van der Waals surface area contributed by atoms with Crippen molar-refractivity contribution >= 4 is 61.0 Å². The van der Waals surface area contributed by atoms with Crippen LogP contribution in [0.1, 0.15) is 128 Å². The Balaban J connectivity index is 1.49. The fourth-order valence-electron chi connectivity index (χ4n) is 16.0. The van der Waals surface area contributed by atoms with Crippen molar-refractivity contribution in [2.24, 2.45) is 9.98 Å². The van der Waals surface area contributed by atoms with Gasteiger partial charge in [-0.3, -0.25) is 0 Å². The minimum Gasteiger partial charge on any atom is -0.354 e. The Morgan fingerprint density at radius 2 is 0.529 bits per heavy atom. The van der Waals surface area contributed by atoms with Gasteiger partial charge in [-0.1, -0.05) is 89.0 Å². The summed E-state index contributed by atoms with van der Waals surface area (Å²) in [6.45, 7) is 22.9. The lowest BCUT2D eigenvalue weighted by Crippen LogP contribution is -2.49. The van der Waals surface area contributed by atoms with Crippen molar-refractivity contribution in [2.75, 3.05) is 0 Å². The number of hydrogen-bond donors (Lipinski definition) is 4. The van der Waals surface area contributed by atoms with Crippen LogP contribution < -0.4 is 21.4 Å². The van der Waals surface area contributed by atoms with Gasteiger partial charge in [0.15, 0.2) is 93.1 Å². The van der Waals surface area contributed by atoms with Crippen LogP contribution in [-0.2, 0) is 0 Å². The lowest BCUT2D eigenvalue weighted by Gasteiger charge is -2.46. The Morgan fingerprint density at radius 3 is 0.817 bits per heavy atom. The maximum absolute atomic E-state index is 17.0. The van der Waals surface area contributed by atoms with E-state index in [1.54, 1.807) is 0 Å². The number of fused-ring (bicyclic) bond motifs is 14. The zero-order valence-corrected chi connectivity index (χ0v) is 58.8. The van der Waals surface area contributed by atoms with Gasteiger partial charge >= 0.3 is 0 Å². The van der Waals surface area contributed by atoms with E-state index in [1.807, 2.05) is 83.1 Å². The van der Waals surface area contributed by atoms with Crippen LogP contribution in [0.2, 0.25) is 33.2 Å². The second kappa shape index (κ2) is 26.7. The third-order valence-corrected chi connectivity index (χ3v) is 33.7. The molecule has 0 amide bonds. The Morgan fingerprint density at radius 1 is 0.279 bits per heavy atom. The van der Waals surface area contributed by atoms with Crippen molar-refractivity contribution in [3.63, 3.8) is 0 Å². The highest BCUT2D eigenvalue weighted by Crippen LogP contribution is 2.54. The van der Waals surface area contributed by atoms with Crippen LogP contribution in [0.4, 0.5) is 87.8 Å². The summed E-state index contributed by atoms with van der Waals surface area (Å²) in [5.41, 5.74) is -14.4. The van der Waals surface area contributed by atoms with Crippen molar-refractivity contribution in [2.45, 2.75) is 116 Å². The molecule has 14 bridgehead atoms. The molecule has 0 unspecified atom stereocenters. The average molecular weight is 1490 g/mol. The molecule has 0 spiro atoms. The van der Waals surface area contributed by atoms with Gasteiger partial charge in [0.25, 0.3) is 0 Å². The predicted molar refractivity (Wildman–Crippen MR) is 359 cm³/mol. The maximum atomic E-state index is 17.0. The smallest absolute Gasteiger partial charge is 0.200 e. The number of aliphatic imine (C=N–C) groups is 2. The van der Waals surface area contributed by atoms with Gasteiger partial charge in [-0.2, -0.15) is 0 Å². The molecule has 104 heavy (non-hydrogen) atoms. The lowest BCUT2D eigenvalue weighted by atomic mass is 9.98. The molecule has 0 aliphatic carbocycles. The van der Waals surface area contributed by atoms with Gasteiger partial charge in [-0.15, -0.1) is 5.54 Å². The monoisotopic (exact) mass is 1490 g/mol. The molecule has 540 valence electrons. The maximum Gasteiger partial charge on any atom is 0.200 e. The van der Waals surface area contributed by atoms with Gasteiger partial charge in [-0.05, 0) is 111 Å². The van der Waals surface area contributed by atoms with Crippen LogP contribution >= 0.6 is 0 Å². The van der Waals surface area contributed by atoms with Crippen LogP contribution in [-0.4, -0.2) is 47.5 Å². The third-order valence-electron chi connectivity index (χ3n) is 20.4. The average Bonchev–Trinajstić information content (AvgIpc) is 1.43. The van der Waals surface area contributed by atoms with Gasteiger partial charge in [0.1, 0.15) is 8.07 Å². The van der Waals surface area contributed by atoms with E-state index in [2.05, 4.69) is 41.4 Å².